The molecule has 19 heavy (non-hydrogen) atoms. The van der Waals surface area contributed by atoms with Gasteiger partial charge in [-0.2, -0.15) is 0 Å². The van der Waals surface area contributed by atoms with Crippen molar-refractivity contribution in [2.45, 2.75) is 20.4 Å². The third-order valence-electron chi connectivity index (χ3n) is 2.70. The Kier molecular flexibility index (Phi) is 4.24. The third kappa shape index (κ3) is 3.75. The average Bonchev–Trinajstić information content (AvgIpc) is 2.74. The molecule has 0 aliphatic carbocycles. The summed E-state index contributed by atoms with van der Waals surface area (Å²) < 4.78 is 26.3. The molecule has 2 rings (SSSR count). The summed E-state index contributed by atoms with van der Waals surface area (Å²) >= 11 is 1.67. The molecular formula is C11H18N4O2S2. The molecule has 0 amide bonds. The highest BCUT2D eigenvalue weighted by Crippen LogP contribution is 2.20. The van der Waals surface area contributed by atoms with E-state index in [-0.39, 0.29) is 0 Å². The van der Waals surface area contributed by atoms with Gasteiger partial charge in [0.1, 0.15) is 0 Å². The van der Waals surface area contributed by atoms with E-state index in [0.29, 0.717) is 19.6 Å². The number of sulfonamides is 1. The van der Waals surface area contributed by atoms with Crippen LogP contribution in [0.2, 0.25) is 0 Å². The molecule has 0 unspecified atom stereocenters. The highest BCUT2D eigenvalue weighted by molar-refractivity contribution is 7.88. The van der Waals surface area contributed by atoms with E-state index in [1.807, 2.05) is 6.92 Å². The number of nitrogens with one attached hydrogen (secondary N) is 2. The van der Waals surface area contributed by atoms with Crippen LogP contribution in [-0.4, -0.2) is 37.1 Å². The Hall–Kier alpha value is -0.960. The van der Waals surface area contributed by atoms with Crippen LogP contribution in [0.3, 0.4) is 0 Å². The van der Waals surface area contributed by atoms with Gasteiger partial charge in [0, 0.05) is 30.7 Å². The standard InChI is InChI=1S/C11H18N4O2S2/c1-8-7-15-10(9(2)14-11(15)18-8)6-12-4-5-13-19(3,16)17/h7,12-13H,4-6H2,1-3H3. The van der Waals surface area contributed by atoms with Crippen molar-refractivity contribution in [3.05, 3.63) is 22.5 Å². The summed E-state index contributed by atoms with van der Waals surface area (Å²) in [4.78, 5) is 6.73. The zero-order valence-corrected chi connectivity index (χ0v) is 12.9. The lowest BCUT2D eigenvalue weighted by atomic mass is 10.3. The zero-order chi connectivity index (χ0) is 14.0. The number of fused-ring (bicyclic) bond motifs is 1. The second-order valence-electron chi connectivity index (χ2n) is 4.48. The number of hydrogen-bond donors (Lipinski definition) is 2. The molecule has 0 bridgehead atoms. The number of imidazole rings is 1. The Morgan fingerprint density at radius 3 is 2.79 bits per heavy atom. The molecule has 2 heterocycles. The monoisotopic (exact) mass is 302 g/mol. The molecule has 0 atom stereocenters. The first-order valence-corrected chi connectivity index (χ1v) is 8.67. The van der Waals surface area contributed by atoms with Crippen LogP contribution in [-0.2, 0) is 16.6 Å². The van der Waals surface area contributed by atoms with Gasteiger partial charge in [-0.25, -0.2) is 18.1 Å². The van der Waals surface area contributed by atoms with E-state index in [1.54, 1.807) is 11.3 Å². The maximum atomic E-state index is 10.9. The lowest BCUT2D eigenvalue weighted by Gasteiger charge is -2.05. The molecule has 0 fully saturated rings. The molecule has 2 aromatic heterocycles. The van der Waals surface area contributed by atoms with Crippen LogP contribution < -0.4 is 10.0 Å². The number of aromatic nitrogens is 2. The predicted molar refractivity (Wildman–Crippen MR) is 77.1 cm³/mol. The highest BCUT2D eigenvalue weighted by atomic mass is 32.2. The Morgan fingerprint density at radius 1 is 1.37 bits per heavy atom. The van der Waals surface area contributed by atoms with Crippen molar-refractivity contribution in [2.75, 3.05) is 19.3 Å². The Labute approximate surface area is 116 Å². The summed E-state index contributed by atoms with van der Waals surface area (Å²) in [7, 11) is -3.10. The quantitative estimate of drug-likeness (QED) is 0.768. The molecule has 6 nitrogen and oxygen atoms in total. The summed E-state index contributed by atoms with van der Waals surface area (Å²) in [5.41, 5.74) is 2.13. The van der Waals surface area contributed by atoms with Crippen molar-refractivity contribution in [1.29, 1.82) is 0 Å². The van der Waals surface area contributed by atoms with Gasteiger partial charge in [0.15, 0.2) is 4.96 Å². The lowest BCUT2D eigenvalue weighted by Crippen LogP contribution is -2.31. The van der Waals surface area contributed by atoms with E-state index in [2.05, 4.69) is 32.5 Å². The van der Waals surface area contributed by atoms with E-state index in [1.165, 1.54) is 4.88 Å². The van der Waals surface area contributed by atoms with Crippen LogP contribution in [0, 0.1) is 13.8 Å². The first kappa shape index (κ1) is 14.4. The molecule has 0 aromatic carbocycles. The third-order valence-corrected chi connectivity index (χ3v) is 4.33. The molecule has 0 aliphatic heterocycles. The minimum absolute atomic E-state index is 0.391. The maximum Gasteiger partial charge on any atom is 0.208 e. The Morgan fingerprint density at radius 2 is 2.11 bits per heavy atom. The molecule has 8 heteroatoms. The fraction of sp³-hybridized carbons (Fsp3) is 0.545. The van der Waals surface area contributed by atoms with E-state index in [0.717, 1.165) is 22.6 Å². The van der Waals surface area contributed by atoms with Crippen molar-refractivity contribution in [2.24, 2.45) is 0 Å². The lowest BCUT2D eigenvalue weighted by molar-refractivity contribution is 0.580. The van der Waals surface area contributed by atoms with Crippen LogP contribution in [0.5, 0.6) is 0 Å². The molecule has 2 aromatic rings. The number of nitrogens with zero attached hydrogens (tertiary/aromatic N) is 2. The van der Waals surface area contributed by atoms with Crippen molar-refractivity contribution >= 4 is 26.3 Å². The van der Waals surface area contributed by atoms with Crippen LogP contribution in [0.25, 0.3) is 4.96 Å². The van der Waals surface area contributed by atoms with Gasteiger partial charge in [-0.3, -0.25) is 4.40 Å². The van der Waals surface area contributed by atoms with Crippen LogP contribution in [0.4, 0.5) is 0 Å². The second kappa shape index (κ2) is 5.58. The fourth-order valence-electron chi connectivity index (χ4n) is 1.85. The summed E-state index contributed by atoms with van der Waals surface area (Å²) in [6.45, 7) is 5.70. The molecule has 0 saturated heterocycles. The number of thiazole rings is 1. The van der Waals surface area contributed by atoms with Gasteiger partial charge in [-0.05, 0) is 13.8 Å². The summed E-state index contributed by atoms with van der Waals surface area (Å²) in [5.74, 6) is 0. The predicted octanol–water partition coefficient (Wildman–Crippen LogP) is 0.651. The van der Waals surface area contributed by atoms with Gasteiger partial charge < -0.3 is 5.32 Å². The molecular weight excluding hydrogens is 284 g/mol. The van der Waals surface area contributed by atoms with Gasteiger partial charge in [0.05, 0.1) is 17.6 Å². The topological polar surface area (TPSA) is 75.5 Å². The minimum Gasteiger partial charge on any atom is -0.310 e. The normalized spacial score (nSPS) is 12.4. The fourth-order valence-corrected chi connectivity index (χ4v) is 3.22. The summed E-state index contributed by atoms with van der Waals surface area (Å²) in [6, 6.07) is 0. The first-order valence-electron chi connectivity index (χ1n) is 5.96. The van der Waals surface area contributed by atoms with E-state index in [9.17, 15) is 8.42 Å². The van der Waals surface area contributed by atoms with E-state index in [4.69, 9.17) is 0 Å². The van der Waals surface area contributed by atoms with Gasteiger partial charge in [0.25, 0.3) is 0 Å². The Balaban J connectivity index is 1.92. The van der Waals surface area contributed by atoms with Gasteiger partial charge in [-0.15, -0.1) is 11.3 Å². The number of hydrogen-bond acceptors (Lipinski definition) is 5. The van der Waals surface area contributed by atoms with Crippen molar-refractivity contribution < 1.29 is 8.42 Å². The van der Waals surface area contributed by atoms with Gasteiger partial charge in [-0.1, -0.05) is 0 Å². The molecule has 0 spiro atoms. The molecule has 0 saturated carbocycles. The first-order chi connectivity index (χ1) is 8.87. The second-order valence-corrected chi connectivity index (χ2v) is 7.53. The molecule has 2 N–H and O–H groups in total. The minimum atomic E-state index is -3.10. The largest absolute Gasteiger partial charge is 0.310 e. The van der Waals surface area contributed by atoms with Crippen molar-refractivity contribution in [1.82, 2.24) is 19.4 Å². The van der Waals surface area contributed by atoms with Crippen LogP contribution >= 0.6 is 11.3 Å². The van der Waals surface area contributed by atoms with E-state index < -0.39 is 10.0 Å². The average molecular weight is 302 g/mol. The summed E-state index contributed by atoms with van der Waals surface area (Å²) in [5, 5.41) is 3.22. The van der Waals surface area contributed by atoms with Crippen molar-refractivity contribution in [3.8, 4) is 0 Å². The maximum absolute atomic E-state index is 10.9. The van der Waals surface area contributed by atoms with Gasteiger partial charge in [0.2, 0.25) is 10.0 Å². The van der Waals surface area contributed by atoms with Gasteiger partial charge >= 0.3 is 0 Å². The summed E-state index contributed by atoms with van der Waals surface area (Å²) in [6.07, 6.45) is 3.23. The smallest absolute Gasteiger partial charge is 0.208 e. The molecule has 106 valence electrons. The number of rotatable bonds is 6. The zero-order valence-electron chi connectivity index (χ0n) is 11.2. The SMILES string of the molecule is Cc1cn2c(CNCCNS(C)(=O)=O)c(C)nc2s1. The van der Waals surface area contributed by atoms with Crippen LogP contribution in [0.1, 0.15) is 16.3 Å². The van der Waals surface area contributed by atoms with E-state index >= 15 is 0 Å². The number of aryl methyl sites for hydroxylation is 2. The van der Waals surface area contributed by atoms with Crippen molar-refractivity contribution in [3.63, 3.8) is 0 Å². The Bertz CT molecular complexity index is 672. The molecule has 0 radical (unpaired) electrons. The van der Waals surface area contributed by atoms with Crippen LogP contribution in [0.15, 0.2) is 6.20 Å². The molecule has 0 aliphatic rings. The highest BCUT2D eigenvalue weighted by Gasteiger charge is 2.10.